The average Bonchev–Trinajstić information content (AvgIpc) is 3.16. The van der Waals surface area contributed by atoms with Crippen molar-refractivity contribution in [3.8, 4) is 11.5 Å². The van der Waals surface area contributed by atoms with Gasteiger partial charge in [0.1, 0.15) is 17.0 Å². The third kappa shape index (κ3) is 5.09. The molecule has 3 rings (SSSR count). The van der Waals surface area contributed by atoms with E-state index in [1.165, 1.54) is 11.3 Å². The number of ether oxygens (including phenoxy) is 2. The van der Waals surface area contributed by atoms with Gasteiger partial charge in [-0.05, 0) is 64.2 Å². The molecule has 1 amide bonds. The number of rotatable bonds is 9. The lowest BCUT2D eigenvalue weighted by atomic mass is 10.2. The molecule has 0 bridgehead atoms. The second-order valence-electron chi connectivity index (χ2n) is 7.52. The Kier molecular flexibility index (Phi) is 7.29. The molecule has 6 nitrogen and oxygen atoms in total. The maximum absolute atomic E-state index is 13.1. The molecule has 0 aliphatic heterocycles. The van der Waals surface area contributed by atoms with Crippen LogP contribution in [0.15, 0.2) is 36.4 Å². The first-order valence-corrected chi connectivity index (χ1v) is 10.8. The molecule has 0 fully saturated rings. The lowest BCUT2D eigenvalue weighted by Crippen LogP contribution is -2.36. The van der Waals surface area contributed by atoms with E-state index >= 15 is 0 Å². The summed E-state index contributed by atoms with van der Waals surface area (Å²) in [5.41, 5.74) is 2.92. The maximum atomic E-state index is 13.1. The highest BCUT2D eigenvalue weighted by Crippen LogP contribution is 2.36. The zero-order valence-corrected chi connectivity index (χ0v) is 19.1. The van der Waals surface area contributed by atoms with Crippen molar-refractivity contribution in [3.05, 3.63) is 47.5 Å². The second-order valence-corrected chi connectivity index (χ2v) is 8.49. The zero-order chi connectivity index (χ0) is 21.7. The highest BCUT2D eigenvalue weighted by atomic mass is 32.1. The normalized spacial score (nSPS) is 11.1. The average molecular weight is 428 g/mol. The first-order chi connectivity index (χ1) is 14.4. The van der Waals surface area contributed by atoms with Crippen LogP contribution < -0.4 is 14.4 Å². The fraction of sp³-hybridized carbons (Fsp3) is 0.391. The summed E-state index contributed by atoms with van der Waals surface area (Å²) >= 11 is 1.52. The van der Waals surface area contributed by atoms with Crippen LogP contribution in [0.3, 0.4) is 0 Å². The Labute approximate surface area is 182 Å². The van der Waals surface area contributed by atoms with Gasteiger partial charge in [0.05, 0.1) is 11.8 Å². The van der Waals surface area contributed by atoms with Gasteiger partial charge in [0.2, 0.25) is 0 Å². The van der Waals surface area contributed by atoms with Crippen LogP contribution in [0.2, 0.25) is 0 Å². The Hall–Kier alpha value is -2.64. The molecule has 1 heterocycles. The van der Waals surface area contributed by atoms with Gasteiger partial charge < -0.3 is 14.4 Å². The van der Waals surface area contributed by atoms with Crippen LogP contribution in [-0.2, 0) is 4.79 Å². The first kappa shape index (κ1) is 22.1. The molecule has 30 heavy (non-hydrogen) atoms. The van der Waals surface area contributed by atoms with Gasteiger partial charge in [0.15, 0.2) is 11.7 Å². The monoisotopic (exact) mass is 427 g/mol. The predicted octanol–water partition coefficient (Wildman–Crippen LogP) is 4.29. The minimum absolute atomic E-state index is 0.0289. The van der Waals surface area contributed by atoms with Crippen LogP contribution in [0, 0.1) is 13.8 Å². The number of para-hydroxylation sites is 1. The Morgan fingerprint density at radius 1 is 1.03 bits per heavy atom. The molecule has 3 aromatic rings. The minimum Gasteiger partial charge on any atom is -0.494 e. The molecule has 0 spiro atoms. The second kappa shape index (κ2) is 9.91. The van der Waals surface area contributed by atoms with E-state index in [0.717, 1.165) is 45.8 Å². The minimum atomic E-state index is -0.104. The van der Waals surface area contributed by atoms with Gasteiger partial charge in [-0.3, -0.25) is 9.69 Å². The number of carbonyl (C=O) groups is 1. The number of amides is 1. The summed E-state index contributed by atoms with van der Waals surface area (Å²) in [6, 6.07) is 11.6. The van der Waals surface area contributed by atoms with Gasteiger partial charge in [-0.25, -0.2) is 4.98 Å². The highest BCUT2D eigenvalue weighted by Gasteiger charge is 2.22. The van der Waals surface area contributed by atoms with Gasteiger partial charge in [0.25, 0.3) is 5.91 Å². The molecule has 0 N–H and O–H groups in total. The molecule has 0 saturated heterocycles. The van der Waals surface area contributed by atoms with E-state index in [1.807, 2.05) is 64.3 Å². The van der Waals surface area contributed by atoms with Crippen LogP contribution >= 0.6 is 11.3 Å². The van der Waals surface area contributed by atoms with E-state index in [-0.39, 0.29) is 12.5 Å². The van der Waals surface area contributed by atoms with Crippen molar-refractivity contribution in [3.63, 3.8) is 0 Å². The third-order valence-corrected chi connectivity index (χ3v) is 6.09. The van der Waals surface area contributed by atoms with Crippen molar-refractivity contribution in [1.82, 2.24) is 9.88 Å². The van der Waals surface area contributed by atoms with Crippen molar-refractivity contribution < 1.29 is 14.3 Å². The van der Waals surface area contributed by atoms with Crippen molar-refractivity contribution in [1.29, 1.82) is 0 Å². The van der Waals surface area contributed by atoms with E-state index in [2.05, 4.69) is 4.90 Å². The number of hydrogen-bond donors (Lipinski definition) is 0. The van der Waals surface area contributed by atoms with Gasteiger partial charge >= 0.3 is 0 Å². The van der Waals surface area contributed by atoms with E-state index in [4.69, 9.17) is 14.5 Å². The fourth-order valence-electron chi connectivity index (χ4n) is 3.19. The molecule has 0 radical (unpaired) electrons. The predicted molar refractivity (Wildman–Crippen MR) is 123 cm³/mol. The standard InChI is InChI=1S/C23H29N3O3S/c1-16-9-6-7-10-18(16)29-15-20(27)26(14-8-13-25(3)4)23-24-21-19(28-5)12-11-17(2)22(21)30-23/h6-7,9-12H,8,13-15H2,1-5H3. The Balaban J connectivity index is 1.86. The number of nitrogens with zero attached hydrogens (tertiary/aromatic N) is 3. The molecule has 0 atom stereocenters. The number of aryl methyl sites for hydroxylation is 2. The Morgan fingerprint density at radius 3 is 2.50 bits per heavy atom. The molecule has 0 aliphatic carbocycles. The van der Waals surface area contributed by atoms with Crippen LogP contribution in [-0.4, -0.2) is 56.7 Å². The number of anilines is 1. The fourth-order valence-corrected chi connectivity index (χ4v) is 4.28. The summed E-state index contributed by atoms with van der Waals surface area (Å²) < 4.78 is 12.3. The van der Waals surface area contributed by atoms with Crippen LogP contribution in [0.5, 0.6) is 11.5 Å². The largest absolute Gasteiger partial charge is 0.494 e. The van der Waals surface area contributed by atoms with E-state index < -0.39 is 0 Å². The summed E-state index contributed by atoms with van der Waals surface area (Å²) in [7, 11) is 5.69. The van der Waals surface area contributed by atoms with E-state index in [9.17, 15) is 4.79 Å². The molecule has 160 valence electrons. The Morgan fingerprint density at radius 2 is 1.80 bits per heavy atom. The summed E-state index contributed by atoms with van der Waals surface area (Å²) in [6.07, 6.45) is 0.842. The summed E-state index contributed by atoms with van der Waals surface area (Å²) in [4.78, 5) is 21.8. The number of carbonyl (C=O) groups excluding carboxylic acids is 1. The number of fused-ring (bicyclic) bond motifs is 1. The van der Waals surface area contributed by atoms with Crippen LogP contribution in [0.1, 0.15) is 17.5 Å². The first-order valence-electron chi connectivity index (χ1n) is 9.98. The van der Waals surface area contributed by atoms with E-state index in [0.29, 0.717) is 11.7 Å². The van der Waals surface area contributed by atoms with Crippen LogP contribution in [0.25, 0.3) is 10.2 Å². The number of benzene rings is 2. The van der Waals surface area contributed by atoms with Crippen molar-refractivity contribution in [2.24, 2.45) is 0 Å². The lowest BCUT2D eigenvalue weighted by molar-refractivity contribution is -0.120. The molecular weight excluding hydrogens is 398 g/mol. The van der Waals surface area contributed by atoms with Gasteiger partial charge in [-0.2, -0.15) is 0 Å². The van der Waals surface area contributed by atoms with Crippen molar-refractivity contribution in [2.45, 2.75) is 20.3 Å². The third-order valence-electron chi connectivity index (χ3n) is 4.88. The molecule has 2 aromatic carbocycles. The molecule has 0 unspecified atom stereocenters. The smallest absolute Gasteiger partial charge is 0.266 e. The highest BCUT2D eigenvalue weighted by molar-refractivity contribution is 7.22. The summed E-state index contributed by atoms with van der Waals surface area (Å²) in [6.45, 7) is 5.45. The van der Waals surface area contributed by atoms with Gasteiger partial charge in [-0.15, -0.1) is 0 Å². The number of thiazole rings is 1. The molecule has 1 aromatic heterocycles. The topological polar surface area (TPSA) is 54.9 Å². The molecule has 0 saturated carbocycles. The SMILES string of the molecule is COc1ccc(C)c2sc(N(CCCN(C)C)C(=O)COc3ccccc3C)nc12. The van der Waals surface area contributed by atoms with Gasteiger partial charge in [0, 0.05) is 6.54 Å². The van der Waals surface area contributed by atoms with Crippen LogP contribution in [0.4, 0.5) is 5.13 Å². The van der Waals surface area contributed by atoms with Gasteiger partial charge in [-0.1, -0.05) is 35.6 Å². The number of hydrogen-bond acceptors (Lipinski definition) is 6. The Bertz CT molecular complexity index is 1020. The molecule has 7 heteroatoms. The lowest BCUT2D eigenvalue weighted by Gasteiger charge is -2.21. The summed E-state index contributed by atoms with van der Waals surface area (Å²) in [5, 5.41) is 0.676. The molecular formula is C23H29N3O3S. The van der Waals surface area contributed by atoms with E-state index in [1.54, 1.807) is 12.0 Å². The quantitative estimate of drug-likeness (QED) is 0.510. The number of methoxy groups -OCH3 is 1. The zero-order valence-electron chi connectivity index (χ0n) is 18.3. The maximum Gasteiger partial charge on any atom is 0.266 e. The summed E-state index contributed by atoms with van der Waals surface area (Å²) in [5.74, 6) is 1.34. The van der Waals surface area contributed by atoms with Crippen molar-refractivity contribution >= 4 is 32.6 Å². The van der Waals surface area contributed by atoms with Crippen molar-refractivity contribution in [2.75, 3.05) is 45.8 Å². The molecule has 0 aliphatic rings. The number of aromatic nitrogens is 1.